The number of rotatable bonds is 6. The van der Waals surface area contributed by atoms with Crippen LogP contribution >= 0.6 is 11.5 Å². The Kier molecular flexibility index (Phi) is 5.17. The molecule has 0 bridgehead atoms. The van der Waals surface area contributed by atoms with E-state index in [-0.39, 0.29) is 10.7 Å². The van der Waals surface area contributed by atoms with Crippen molar-refractivity contribution < 1.29 is 8.42 Å². The van der Waals surface area contributed by atoms with Crippen molar-refractivity contribution in [3.63, 3.8) is 0 Å². The Morgan fingerprint density at radius 2 is 1.95 bits per heavy atom. The summed E-state index contributed by atoms with van der Waals surface area (Å²) in [4.78, 5) is 2.14. The first kappa shape index (κ1) is 16.2. The highest BCUT2D eigenvalue weighted by Gasteiger charge is 2.30. The topological polar surface area (TPSA) is 79.5 Å². The summed E-state index contributed by atoms with van der Waals surface area (Å²) < 4.78 is 29.8. The third-order valence-electron chi connectivity index (χ3n) is 2.65. The normalized spacial score (nSPS) is 12.4. The number of nitrogens with two attached hydrogens (primary N) is 1. The SMILES string of the molecule is CCN(CC(C)C)c1snc(N)c1S(=O)(=O)N(C)C. The van der Waals surface area contributed by atoms with Crippen molar-refractivity contribution in [1.82, 2.24) is 8.68 Å². The van der Waals surface area contributed by atoms with Crippen LogP contribution in [0.3, 0.4) is 0 Å². The fourth-order valence-corrected chi connectivity index (χ4v) is 4.00. The summed E-state index contributed by atoms with van der Waals surface area (Å²) in [7, 11) is -0.581. The molecule has 0 saturated carbocycles. The molecule has 8 heteroatoms. The van der Waals surface area contributed by atoms with Gasteiger partial charge in [-0.05, 0) is 24.4 Å². The van der Waals surface area contributed by atoms with E-state index in [0.29, 0.717) is 10.9 Å². The Morgan fingerprint density at radius 1 is 1.37 bits per heavy atom. The van der Waals surface area contributed by atoms with Gasteiger partial charge in [0.1, 0.15) is 5.00 Å². The van der Waals surface area contributed by atoms with Gasteiger partial charge in [-0.15, -0.1) is 0 Å². The molecular weight excluding hydrogens is 284 g/mol. The van der Waals surface area contributed by atoms with Crippen LogP contribution in [0, 0.1) is 5.92 Å². The summed E-state index contributed by atoms with van der Waals surface area (Å²) in [5.41, 5.74) is 5.76. The number of nitrogens with zero attached hydrogens (tertiary/aromatic N) is 3. The number of aromatic nitrogens is 1. The molecule has 0 aliphatic heterocycles. The van der Waals surface area contributed by atoms with E-state index in [2.05, 4.69) is 18.2 Å². The minimum atomic E-state index is -3.57. The van der Waals surface area contributed by atoms with Crippen LogP contribution in [0.1, 0.15) is 20.8 Å². The second-order valence-electron chi connectivity index (χ2n) is 4.92. The van der Waals surface area contributed by atoms with E-state index in [9.17, 15) is 8.42 Å². The first-order valence-electron chi connectivity index (χ1n) is 6.14. The maximum Gasteiger partial charge on any atom is 0.249 e. The average molecular weight is 306 g/mol. The third-order valence-corrected chi connectivity index (χ3v) is 5.58. The molecule has 0 spiro atoms. The van der Waals surface area contributed by atoms with Crippen LogP contribution in [0.2, 0.25) is 0 Å². The highest BCUT2D eigenvalue weighted by Crippen LogP contribution is 2.36. The summed E-state index contributed by atoms with van der Waals surface area (Å²) in [6.07, 6.45) is 0. The van der Waals surface area contributed by atoms with Gasteiger partial charge >= 0.3 is 0 Å². The van der Waals surface area contributed by atoms with Crippen molar-refractivity contribution in [2.45, 2.75) is 25.7 Å². The van der Waals surface area contributed by atoms with E-state index in [1.54, 1.807) is 0 Å². The first-order valence-corrected chi connectivity index (χ1v) is 8.35. The van der Waals surface area contributed by atoms with E-state index in [1.165, 1.54) is 18.4 Å². The lowest BCUT2D eigenvalue weighted by Crippen LogP contribution is -2.30. The fourth-order valence-electron chi connectivity index (χ4n) is 1.71. The second kappa shape index (κ2) is 6.06. The molecule has 0 atom stereocenters. The summed E-state index contributed by atoms with van der Waals surface area (Å²) >= 11 is 1.14. The molecule has 0 unspecified atom stereocenters. The van der Waals surface area contributed by atoms with Gasteiger partial charge in [0.2, 0.25) is 10.0 Å². The number of nitrogen functional groups attached to an aromatic ring is 1. The van der Waals surface area contributed by atoms with E-state index in [4.69, 9.17) is 5.73 Å². The van der Waals surface area contributed by atoms with Gasteiger partial charge < -0.3 is 10.6 Å². The average Bonchev–Trinajstić information content (AvgIpc) is 2.68. The fraction of sp³-hybridized carbons (Fsp3) is 0.727. The van der Waals surface area contributed by atoms with Crippen LogP contribution in [-0.4, -0.2) is 44.3 Å². The van der Waals surface area contributed by atoms with Gasteiger partial charge in [0.25, 0.3) is 0 Å². The lowest BCUT2D eigenvalue weighted by molar-refractivity contribution is 0.520. The molecule has 0 aliphatic carbocycles. The first-order chi connectivity index (χ1) is 8.71. The highest BCUT2D eigenvalue weighted by atomic mass is 32.2. The molecule has 0 aromatic carbocycles. The lowest BCUT2D eigenvalue weighted by Gasteiger charge is -2.24. The Balaban J connectivity index is 3.31. The molecule has 1 aromatic rings. The quantitative estimate of drug-likeness (QED) is 0.860. The molecule has 2 N–H and O–H groups in total. The van der Waals surface area contributed by atoms with Crippen molar-refractivity contribution in [3.8, 4) is 0 Å². The summed E-state index contributed by atoms with van der Waals surface area (Å²) in [6, 6.07) is 0. The van der Waals surface area contributed by atoms with Gasteiger partial charge in [-0.25, -0.2) is 12.7 Å². The molecule has 0 fully saturated rings. The van der Waals surface area contributed by atoms with E-state index < -0.39 is 10.0 Å². The van der Waals surface area contributed by atoms with Crippen LogP contribution in [0.5, 0.6) is 0 Å². The Morgan fingerprint density at radius 3 is 2.37 bits per heavy atom. The van der Waals surface area contributed by atoms with Crippen molar-refractivity contribution in [1.29, 1.82) is 0 Å². The molecule has 1 rings (SSSR count). The van der Waals surface area contributed by atoms with Crippen molar-refractivity contribution in [2.24, 2.45) is 5.92 Å². The summed E-state index contributed by atoms with van der Waals surface area (Å²) in [5.74, 6) is 0.508. The van der Waals surface area contributed by atoms with E-state index >= 15 is 0 Å². The largest absolute Gasteiger partial charge is 0.382 e. The van der Waals surface area contributed by atoms with Gasteiger partial charge in [-0.3, -0.25) is 0 Å². The zero-order valence-electron chi connectivity index (χ0n) is 12.0. The summed E-state index contributed by atoms with van der Waals surface area (Å²) in [6.45, 7) is 7.66. The van der Waals surface area contributed by atoms with Crippen LogP contribution in [0.15, 0.2) is 4.90 Å². The van der Waals surface area contributed by atoms with Gasteiger partial charge in [0, 0.05) is 27.2 Å². The molecule has 0 amide bonds. The molecular formula is C11H22N4O2S2. The van der Waals surface area contributed by atoms with Crippen LogP contribution in [-0.2, 0) is 10.0 Å². The standard InChI is InChI=1S/C11H22N4O2S2/c1-6-15(7-8(2)3)11-9(10(12)13-18-11)19(16,17)14(4)5/h8H,6-7H2,1-5H3,(H2,12,13). The minimum Gasteiger partial charge on any atom is -0.382 e. The number of sulfonamides is 1. The van der Waals surface area contributed by atoms with Gasteiger partial charge in [0.15, 0.2) is 10.7 Å². The molecule has 19 heavy (non-hydrogen) atoms. The predicted molar refractivity (Wildman–Crippen MR) is 80.1 cm³/mol. The Bertz CT molecular complexity index is 523. The van der Waals surface area contributed by atoms with Gasteiger partial charge in [-0.1, -0.05) is 13.8 Å². The molecule has 1 heterocycles. The van der Waals surface area contributed by atoms with Crippen LogP contribution < -0.4 is 10.6 Å². The van der Waals surface area contributed by atoms with Crippen molar-refractivity contribution in [2.75, 3.05) is 37.8 Å². The van der Waals surface area contributed by atoms with Crippen LogP contribution in [0.25, 0.3) is 0 Å². The minimum absolute atomic E-state index is 0.0795. The number of anilines is 2. The molecule has 6 nitrogen and oxygen atoms in total. The maximum absolute atomic E-state index is 12.3. The van der Waals surface area contributed by atoms with Crippen molar-refractivity contribution >= 4 is 32.4 Å². The molecule has 110 valence electrons. The monoisotopic (exact) mass is 306 g/mol. The Labute approximate surface area is 119 Å². The second-order valence-corrected chi connectivity index (χ2v) is 7.76. The third kappa shape index (κ3) is 3.37. The molecule has 0 radical (unpaired) electrons. The molecule has 0 aliphatic rings. The predicted octanol–water partition coefficient (Wildman–Crippen LogP) is 1.46. The highest BCUT2D eigenvalue weighted by molar-refractivity contribution is 7.89. The van der Waals surface area contributed by atoms with Gasteiger partial charge in [0.05, 0.1) is 0 Å². The molecule has 0 saturated heterocycles. The number of hydrogen-bond acceptors (Lipinski definition) is 6. The summed E-state index contributed by atoms with van der Waals surface area (Å²) in [5, 5.41) is 0.627. The van der Waals surface area contributed by atoms with Crippen LogP contribution in [0.4, 0.5) is 10.8 Å². The Hall–Kier alpha value is -0.860. The van der Waals surface area contributed by atoms with E-state index in [0.717, 1.165) is 24.6 Å². The maximum atomic E-state index is 12.3. The number of hydrogen-bond donors (Lipinski definition) is 1. The zero-order chi connectivity index (χ0) is 14.8. The van der Waals surface area contributed by atoms with E-state index in [1.807, 2.05) is 11.8 Å². The molecule has 1 aromatic heterocycles. The zero-order valence-corrected chi connectivity index (χ0v) is 13.7. The van der Waals surface area contributed by atoms with Crippen molar-refractivity contribution in [3.05, 3.63) is 0 Å². The smallest absolute Gasteiger partial charge is 0.249 e. The lowest BCUT2D eigenvalue weighted by atomic mass is 10.2. The van der Waals surface area contributed by atoms with Gasteiger partial charge in [-0.2, -0.15) is 4.37 Å².